The summed E-state index contributed by atoms with van der Waals surface area (Å²) in [5, 5.41) is 11.0. The number of guanidine groups is 1. The summed E-state index contributed by atoms with van der Waals surface area (Å²) in [6, 6.07) is 16.7. The lowest BCUT2D eigenvalue weighted by Crippen LogP contribution is -2.39. The number of hydrogen-bond donors (Lipinski definition) is 2. The first-order valence-corrected chi connectivity index (χ1v) is 9.86. The molecule has 0 aliphatic rings. The van der Waals surface area contributed by atoms with Crippen molar-refractivity contribution in [2.75, 3.05) is 27.2 Å². The second kappa shape index (κ2) is 12.2. The summed E-state index contributed by atoms with van der Waals surface area (Å²) in [6.45, 7) is 3.68. The Kier molecular flexibility index (Phi) is 9.66. The minimum absolute atomic E-state index is 0. The van der Waals surface area contributed by atoms with Crippen LogP contribution in [-0.2, 0) is 12.8 Å². The van der Waals surface area contributed by atoms with E-state index in [0.717, 1.165) is 48.9 Å². The molecule has 0 aliphatic heterocycles. The van der Waals surface area contributed by atoms with E-state index in [1.54, 1.807) is 20.4 Å². The van der Waals surface area contributed by atoms with Gasteiger partial charge in [-0.05, 0) is 60.7 Å². The fraction of sp³-hybridized carbons (Fsp3) is 0.304. The lowest BCUT2D eigenvalue weighted by molar-refractivity contribution is 0.411. The van der Waals surface area contributed by atoms with Gasteiger partial charge in [0, 0.05) is 32.5 Å². The lowest BCUT2D eigenvalue weighted by Gasteiger charge is -2.13. The molecule has 0 fully saturated rings. The van der Waals surface area contributed by atoms with Crippen LogP contribution >= 0.6 is 24.0 Å². The maximum atomic E-state index is 5.40. The van der Waals surface area contributed by atoms with Crippen molar-refractivity contribution in [2.45, 2.75) is 19.8 Å². The van der Waals surface area contributed by atoms with Crippen molar-refractivity contribution in [3.05, 3.63) is 77.6 Å². The first-order valence-electron chi connectivity index (χ1n) is 9.86. The third-order valence-electron chi connectivity index (χ3n) is 4.81. The van der Waals surface area contributed by atoms with Crippen LogP contribution in [0.1, 0.15) is 16.7 Å². The smallest absolute Gasteiger partial charge is 0.190 e. The molecule has 6 nitrogen and oxygen atoms in total. The topological polar surface area (TPSA) is 63.5 Å². The van der Waals surface area contributed by atoms with Crippen LogP contribution in [0.3, 0.4) is 0 Å². The predicted molar refractivity (Wildman–Crippen MR) is 133 cm³/mol. The highest BCUT2D eigenvalue weighted by molar-refractivity contribution is 14.0. The van der Waals surface area contributed by atoms with Gasteiger partial charge in [-0.1, -0.05) is 24.3 Å². The Morgan fingerprint density at radius 1 is 1.03 bits per heavy atom. The van der Waals surface area contributed by atoms with Gasteiger partial charge in [-0.15, -0.1) is 24.0 Å². The zero-order valence-electron chi connectivity index (χ0n) is 17.8. The Hall–Kier alpha value is -2.55. The van der Waals surface area contributed by atoms with Crippen LogP contribution in [0, 0.1) is 6.92 Å². The highest BCUT2D eigenvalue weighted by Gasteiger charge is 2.02. The molecular weight excluding hydrogens is 489 g/mol. The van der Waals surface area contributed by atoms with Crippen molar-refractivity contribution in [1.82, 2.24) is 20.4 Å². The average Bonchev–Trinajstić information content (AvgIpc) is 3.29. The van der Waals surface area contributed by atoms with Gasteiger partial charge in [-0.25, -0.2) is 4.68 Å². The van der Waals surface area contributed by atoms with E-state index in [2.05, 4.69) is 70.1 Å². The second-order valence-electron chi connectivity index (χ2n) is 6.85. The molecule has 30 heavy (non-hydrogen) atoms. The molecule has 0 unspecified atom stereocenters. The second-order valence-corrected chi connectivity index (χ2v) is 6.85. The molecule has 0 saturated heterocycles. The van der Waals surface area contributed by atoms with Crippen LogP contribution in [0.25, 0.3) is 5.69 Å². The Bertz CT molecular complexity index is 923. The molecule has 160 valence electrons. The summed E-state index contributed by atoms with van der Waals surface area (Å²) < 4.78 is 7.25. The summed E-state index contributed by atoms with van der Waals surface area (Å²) in [6.07, 6.45) is 5.56. The number of rotatable bonds is 8. The van der Waals surface area contributed by atoms with E-state index in [-0.39, 0.29) is 24.0 Å². The van der Waals surface area contributed by atoms with Gasteiger partial charge in [0.1, 0.15) is 5.75 Å². The molecule has 0 aliphatic carbocycles. The number of halogens is 1. The summed E-state index contributed by atoms with van der Waals surface area (Å²) in [5.74, 6) is 1.75. The number of aliphatic imine (C=N–C) groups is 1. The molecule has 3 aromatic rings. The maximum Gasteiger partial charge on any atom is 0.190 e. The number of nitrogens with one attached hydrogen (secondary N) is 2. The fourth-order valence-electron chi connectivity index (χ4n) is 3.13. The fourth-order valence-corrected chi connectivity index (χ4v) is 3.13. The van der Waals surface area contributed by atoms with E-state index in [4.69, 9.17) is 4.74 Å². The molecule has 0 atom stereocenters. The first-order chi connectivity index (χ1) is 14.2. The van der Waals surface area contributed by atoms with Gasteiger partial charge in [-0.2, -0.15) is 5.10 Å². The Morgan fingerprint density at radius 3 is 2.30 bits per heavy atom. The van der Waals surface area contributed by atoms with Gasteiger partial charge in [0.2, 0.25) is 0 Å². The van der Waals surface area contributed by atoms with Crippen LogP contribution < -0.4 is 15.4 Å². The highest BCUT2D eigenvalue weighted by Crippen LogP contribution is 2.19. The summed E-state index contributed by atoms with van der Waals surface area (Å²) in [4.78, 5) is 4.30. The number of nitrogens with zero attached hydrogens (tertiary/aromatic N) is 3. The molecule has 0 saturated carbocycles. The van der Waals surface area contributed by atoms with Crippen molar-refractivity contribution in [3.8, 4) is 11.4 Å². The molecule has 2 aromatic carbocycles. The first kappa shape index (κ1) is 23.7. The SMILES string of the molecule is CN=C(NCCc1ccc(-n2cccn2)cc1)NCCc1ccc(C)c(OC)c1.I. The van der Waals surface area contributed by atoms with Crippen molar-refractivity contribution < 1.29 is 4.74 Å². The van der Waals surface area contributed by atoms with Gasteiger partial charge >= 0.3 is 0 Å². The molecule has 0 spiro atoms. The summed E-state index contributed by atoms with van der Waals surface area (Å²) >= 11 is 0. The number of hydrogen-bond acceptors (Lipinski definition) is 3. The standard InChI is InChI=1S/C23H29N5O.HI/c1-18-5-6-20(17-22(18)29-3)12-15-26-23(24-2)25-14-11-19-7-9-21(10-8-19)28-16-4-13-27-28;/h4-10,13,16-17H,11-12,14-15H2,1-3H3,(H2,24,25,26);1H. The van der Waals surface area contributed by atoms with Crippen molar-refractivity contribution >= 4 is 29.9 Å². The largest absolute Gasteiger partial charge is 0.496 e. The zero-order chi connectivity index (χ0) is 20.5. The van der Waals surface area contributed by atoms with Crippen molar-refractivity contribution in [2.24, 2.45) is 4.99 Å². The van der Waals surface area contributed by atoms with Crippen LogP contribution in [0.5, 0.6) is 5.75 Å². The van der Waals surface area contributed by atoms with Gasteiger partial charge in [-0.3, -0.25) is 4.99 Å². The Balaban J connectivity index is 0.00000320. The van der Waals surface area contributed by atoms with Crippen molar-refractivity contribution in [1.29, 1.82) is 0 Å². The third-order valence-corrected chi connectivity index (χ3v) is 4.81. The maximum absolute atomic E-state index is 5.40. The quantitative estimate of drug-likeness (QED) is 0.270. The van der Waals surface area contributed by atoms with E-state index in [1.807, 2.05) is 16.9 Å². The number of benzene rings is 2. The number of aryl methyl sites for hydroxylation is 1. The molecule has 7 heteroatoms. The minimum atomic E-state index is 0. The lowest BCUT2D eigenvalue weighted by atomic mass is 10.1. The Morgan fingerprint density at radius 2 is 1.70 bits per heavy atom. The predicted octanol–water partition coefficient (Wildman–Crippen LogP) is 3.76. The molecule has 3 rings (SSSR count). The summed E-state index contributed by atoms with van der Waals surface area (Å²) in [7, 11) is 3.50. The van der Waals surface area contributed by atoms with E-state index in [0.29, 0.717) is 0 Å². The third kappa shape index (κ3) is 6.76. The number of ether oxygens (including phenoxy) is 1. The highest BCUT2D eigenvalue weighted by atomic mass is 127. The van der Waals surface area contributed by atoms with Gasteiger partial charge in [0.25, 0.3) is 0 Å². The van der Waals surface area contributed by atoms with Crippen LogP contribution in [0.15, 0.2) is 65.9 Å². The monoisotopic (exact) mass is 519 g/mol. The molecule has 2 N–H and O–H groups in total. The molecule has 0 radical (unpaired) electrons. The van der Waals surface area contributed by atoms with E-state index >= 15 is 0 Å². The van der Waals surface area contributed by atoms with Crippen LogP contribution in [0.2, 0.25) is 0 Å². The average molecular weight is 519 g/mol. The minimum Gasteiger partial charge on any atom is -0.496 e. The number of aromatic nitrogens is 2. The van der Waals surface area contributed by atoms with Crippen LogP contribution in [0.4, 0.5) is 0 Å². The van der Waals surface area contributed by atoms with E-state index < -0.39 is 0 Å². The van der Waals surface area contributed by atoms with E-state index in [9.17, 15) is 0 Å². The summed E-state index contributed by atoms with van der Waals surface area (Å²) in [5.41, 5.74) is 4.74. The normalized spacial score (nSPS) is 11.0. The Labute approximate surface area is 195 Å². The molecule has 1 heterocycles. The van der Waals surface area contributed by atoms with Crippen molar-refractivity contribution in [3.63, 3.8) is 0 Å². The van der Waals surface area contributed by atoms with Gasteiger partial charge < -0.3 is 15.4 Å². The van der Waals surface area contributed by atoms with E-state index in [1.165, 1.54) is 11.1 Å². The molecule has 0 bridgehead atoms. The molecule has 0 amide bonds. The van der Waals surface area contributed by atoms with Gasteiger partial charge in [0.15, 0.2) is 5.96 Å². The zero-order valence-corrected chi connectivity index (χ0v) is 20.1. The number of methoxy groups -OCH3 is 1. The van der Waals surface area contributed by atoms with Crippen LogP contribution in [-0.4, -0.2) is 43.0 Å². The molecular formula is C23H30IN5O. The molecule has 1 aromatic heterocycles. The van der Waals surface area contributed by atoms with Gasteiger partial charge in [0.05, 0.1) is 12.8 Å².